The van der Waals surface area contributed by atoms with Crippen molar-refractivity contribution < 1.29 is 4.79 Å². The average Bonchev–Trinajstić information content (AvgIpc) is 2.14. The summed E-state index contributed by atoms with van der Waals surface area (Å²) in [6, 6.07) is 0. The standard InChI is InChI=1S/C12H24BrNO/c1-5-6-7-8-12(3,4)9-14-11(15)10(2)13/h10H,5-9H2,1-4H3,(H,14,15). The fourth-order valence-electron chi connectivity index (χ4n) is 1.41. The highest BCUT2D eigenvalue weighted by Crippen LogP contribution is 2.22. The van der Waals surface area contributed by atoms with Crippen LogP contribution in [0, 0.1) is 5.41 Å². The Kier molecular flexibility index (Phi) is 7.24. The summed E-state index contributed by atoms with van der Waals surface area (Å²) >= 11 is 3.26. The zero-order valence-corrected chi connectivity index (χ0v) is 12.0. The molecule has 1 atom stereocenters. The van der Waals surface area contributed by atoms with E-state index in [2.05, 4.69) is 42.0 Å². The molecule has 0 saturated carbocycles. The molecular formula is C12H24BrNO. The van der Waals surface area contributed by atoms with Crippen molar-refractivity contribution >= 4 is 21.8 Å². The first kappa shape index (κ1) is 14.9. The minimum atomic E-state index is -0.0936. The first-order chi connectivity index (χ1) is 6.89. The van der Waals surface area contributed by atoms with E-state index in [-0.39, 0.29) is 16.1 Å². The molecule has 1 amide bonds. The van der Waals surface area contributed by atoms with Gasteiger partial charge in [0, 0.05) is 6.54 Å². The second-order valence-corrected chi connectivity index (χ2v) is 6.33. The van der Waals surface area contributed by atoms with E-state index >= 15 is 0 Å². The first-order valence-electron chi connectivity index (χ1n) is 5.81. The van der Waals surface area contributed by atoms with E-state index in [1.807, 2.05) is 6.92 Å². The van der Waals surface area contributed by atoms with E-state index in [4.69, 9.17) is 0 Å². The summed E-state index contributed by atoms with van der Waals surface area (Å²) in [5.74, 6) is 0.0820. The number of unbranched alkanes of at least 4 members (excludes halogenated alkanes) is 2. The minimum Gasteiger partial charge on any atom is -0.355 e. The minimum absolute atomic E-state index is 0.0820. The van der Waals surface area contributed by atoms with Gasteiger partial charge in [-0.25, -0.2) is 0 Å². The van der Waals surface area contributed by atoms with Crippen LogP contribution in [0.25, 0.3) is 0 Å². The quantitative estimate of drug-likeness (QED) is 0.560. The average molecular weight is 278 g/mol. The van der Waals surface area contributed by atoms with Crippen LogP contribution >= 0.6 is 15.9 Å². The third-order valence-corrected chi connectivity index (χ3v) is 2.98. The van der Waals surface area contributed by atoms with Crippen LogP contribution < -0.4 is 5.32 Å². The van der Waals surface area contributed by atoms with Gasteiger partial charge in [0.2, 0.25) is 5.91 Å². The van der Waals surface area contributed by atoms with Gasteiger partial charge in [-0.15, -0.1) is 0 Å². The van der Waals surface area contributed by atoms with Gasteiger partial charge in [-0.2, -0.15) is 0 Å². The normalized spacial score (nSPS) is 13.7. The van der Waals surface area contributed by atoms with Gasteiger partial charge < -0.3 is 5.32 Å². The van der Waals surface area contributed by atoms with Gasteiger partial charge in [-0.1, -0.05) is 56.0 Å². The van der Waals surface area contributed by atoms with Gasteiger partial charge in [0.25, 0.3) is 0 Å². The number of hydrogen-bond donors (Lipinski definition) is 1. The summed E-state index contributed by atoms with van der Waals surface area (Å²) in [4.78, 5) is 11.3. The molecule has 15 heavy (non-hydrogen) atoms. The monoisotopic (exact) mass is 277 g/mol. The molecule has 0 heterocycles. The Balaban J connectivity index is 3.77. The third-order valence-electron chi connectivity index (χ3n) is 2.56. The lowest BCUT2D eigenvalue weighted by Crippen LogP contribution is -2.37. The van der Waals surface area contributed by atoms with Crippen molar-refractivity contribution in [3.63, 3.8) is 0 Å². The highest BCUT2D eigenvalue weighted by molar-refractivity contribution is 9.10. The van der Waals surface area contributed by atoms with Crippen LogP contribution in [0.5, 0.6) is 0 Å². The molecule has 0 aromatic heterocycles. The molecule has 0 fully saturated rings. The van der Waals surface area contributed by atoms with Gasteiger partial charge >= 0.3 is 0 Å². The van der Waals surface area contributed by atoms with Crippen molar-refractivity contribution in [1.29, 1.82) is 0 Å². The van der Waals surface area contributed by atoms with Crippen LogP contribution in [0.15, 0.2) is 0 Å². The molecule has 90 valence electrons. The molecule has 2 nitrogen and oxygen atoms in total. The topological polar surface area (TPSA) is 29.1 Å². The van der Waals surface area contributed by atoms with Crippen molar-refractivity contribution in [1.82, 2.24) is 5.32 Å². The second kappa shape index (κ2) is 7.26. The van der Waals surface area contributed by atoms with Gasteiger partial charge in [0.15, 0.2) is 0 Å². The van der Waals surface area contributed by atoms with Crippen LogP contribution in [0.1, 0.15) is 53.4 Å². The number of carbonyl (C=O) groups excluding carboxylic acids is 1. The van der Waals surface area contributed by atoms with Gasteiger partial charge in [-0.05, 0) is 18.8 Å². The summed E-state index contributed by atoms with van der Waals surface area (Å²) in [5, 5.41) is 2.96. The number of hydrogen-bond acceptors (Lipinski definition) is 1. The molecule has 0 saturated heterocycles. The van der Waals surface area contributed by atoms with Crippen LogP contribution in [0.2, 0.25) is 0 Å². The molecule has 0 aliphatic carbocycles. The van der Waals surface area contributed by atoms with E-state index in [0.29, 0.717) is 0 Å². The number of alkyl halides is 1. The molecule has 0 aliphatic rings. The summed E-state index contributed by atoms with van der Waals surface area (Å²) < 4.78 is 0. The predicted molar refractivity (Wildman–Crippen MR) is 69.3 cm³/mol. The molecule has 1 unspecified atom stereocenters. The maximum Gasteiger partial charge on any atom is 0.233 e. The zero-order chi connectivity index (χ0) is 11.9. The summed E-state index contributed by atoms with van der Waals surface area (Å²) in [7, 11) is 0. The summed E-state index contributed by atoms with van der Waals surface area (Å²) in [6.45, 7) is 9.25. The smallest absolute Gasteiger partial charge is 0.233 e. The number of halogens is 1. The number of carbonyl (C=O) groups is 1. The highest BCUT2D eigenvalue weighted by atomic mass is 79.9. The fourth-order valence-corrected chi connectivity index (χ4v) is 1.57. The lowest BCUT2D eigenvalue weighted by Gasteiger charge is -2.25. The Morgan fingerprint density at radius 1 is 1.40 bits per heavy atom. The van der Waals surface area contributed by atoms with Crippen molar-refractivity contribution in [2.45, 2.75) is 58.2 Å². The van der Waals surface area contributed by atoms with E-state index in [9.17, 15) is 4.79 Å². The lowest BCUT2D eigenvalue weighted by atomic mass is 9.87. The molecule has 3 heteroatoms. The van der Waals surface area contributed by atoms with Crippen LogP contribution in [0.4, 0.5) is 0 Å². The number of nitrogens with one attached hydrogen (secondary N) is 1. The highest BCUT2D eigenvalue weighted by Gasteiger charge is 2.19. The van der Waals surface area contributed by atoms with Gasteiger partial charge in [0.1, 0.15) is 0 Å². The molecule has 0 aliphatic heterocycles. The molecule has 0 radical (unpaired) electrons. The van der Waals surface area contributed by atoms with Crippen molar-refractivity contribution in [3.05, 3.63) is 0 Å². The number of amides is 1. The summed E-state index contributed by atoms with van der Waals surface area (Å²) in [5.41, 5.74) is 0.215. The van der Waals surface area contributed by atoms with E-state index in [0.717, 1.165) is 6.54 Å². The molecule has 0 spiro atoms. The molecular weight excluding hydrogens is 254 g/mol. The number of rotatable bonds is 7. The first-order valence-corrected chi connectivity index (χ1v) is 6.72. The van der Waals surface area contributed by atoms with E-state index in [1.54, 1.807) is 0 Å². The zero-order valence-electron chi connectivity index (χ0n) is 10.4. The fraction of sp³-hybridized carbons (Fsp3) is 0.917. The predicted octanol–water partition coefficient (Wildman–Crippen LogP) is 3.49. The third kappa shape index (κ3) is 7.83. The van der Waals surface area contributed by atoms with Crippen LogP contribution in [-0.2, 0) is 4.79 Å². The van der Waals surface area contributed by atoms with E-state index in [1.165, 1.54) is 25.7 Å². The molecule has 0 bridgehead atoms. The van der Waals surface area contributed by atoms with Crippen molar-refractivity contribution in [3.8, 4) is 0 Å². The molecule has 0 rings (SSSR count). The van der Waals surface area contributed by atoms with Crippen molar-refractivity contribution in [2.75, 3.05) is 6.54 Å². The lowest BCUT2D eigenvalue weighted by molar-refractivity contribution is -0.120. The summed E-state index contributed by atoms with van der Waals surface area (Å²) in [6.07, 6.45) is 4.97. The SMILES string of the molecule is CCCCCC(C)(C)CNC(=O)C(C)Br. The molecule has 1 N–H and O–H groups in total. The molecule has 0 aromatic rings. The van der Waals surface area contributed by atoms with E-state index < -0.39 is 0 Å². The Labute approximate surface area is 102 Å². The van der Waals surface area contributed by atoms with Crippen LogP contribution in [-0.4, -0.2) is 17.3 Å². The Bertz CT molecular complexity index is 190. The Hall–Kier alpha value is -0.0500. The largest absolute Gasteiger partial charge is 0.355 e. The van der Waals surface area contributed by atoms with Crippen LogP contribution in [0.3, 0.4) is 0 Å². The maximum absolute atomic E-state index is 11.4. The van der Waals surface area contributed by atoms with Crippen molar-refractivity contribution in [2.24, 2.45) is 5.41 Å². The maximum atomic E-state index is 11.4. The van der Waals surface area contributed by atoms with Gasteiger partial charge in [-0.3, -0.25) is 4.79 Å². The second-order valence-electron chi connectivity index (χ2n) is 4.96. The Morgan fingerprint density at radius 2 is 2.00 bits per heavy atom. The van der Waals surface area contributed by atoms with Gasteiger partial charge in [0.05, 0.1) is 4.83 Å². The molecule has 0 aromatic carbocycles. The Morgan fingerprint density at radius 3 is 2.47 bits per heavy atom.